The SMILES string of the molecule is CC1=C(C(=O)OC(C)C)[C@@H](c2ccc(C(=O)[O-])cc2)n2ncnc2N1. The lowest BCUT2D eigenvalue weighted by atomic mass is 9.95. The van der Waals surface area contributed by atoms with Crippen LogP contribution in [0.5, 0.6) is 0 Å². The zero-order valence-corrected chi connectivity index (χ0v) is 14.0. The molecule has 2 aromatic rings. The van der Waals surface area contributed by atoms with Crippen molar-refractivity contribution in [2.75, 3.05) is 5.32 Å². The van der Waals surface area contributed by atoms with E-state index in [0.29, 0.717) is 22.8 Å². The minimum Gasteiger partial charge on any atom is -0.545 e. The molecule has 3 rings (SSSR count). The molecular weight excluding hydrogens is 324 g/mol. The van der Waals surface area contributed by atoms with Crippen LogP contribution in [0.4, 0.5) is 5.95 Å². The topological polar surface area (TPSA) is 109 Å². The van der Waals surface area contributed by atoms with Crippen molar-refractivity contribution in [2.45, 2.75) is 32.9 Å². The van der Waals surface area contributed by atoms with Crippen molar-refractivity contribution < 1.29 is 19.4 Å². The molecule has 0 aliphatic carbocycles. The van der Waals surface area contributed by atoms with Crippen molar-refractivity contribution in [3.05, 3.63) is 53.0 Å². The van der Waals surface area contributed by atoms with Gasteiger partial charge in [-0.05, 0) is 31.9 Å². The van der Waals surface area contributed by atoms with E-state index < -0.39 is 18.0 Å². The van der Waals surface area contributed by atoms with Crippen molar-refractivity contribution in [3.8, 4) is 0 Å². The van der Waals surface area contributed by atoms with Crippen LogP contribution in [-0.4, -0.2) is 32.8 Å². The summed E-state index contributed by atoms with van der Waals surface area (Å²) in [6.07, 6.45) is 1.11. The molecule has 1 aromatic heterocycles. The number of esters is 1. The second-order valence-electron chi connectivity index (χ2n) is 5.96. The summed E-state index contributed by atoms with van der Waals surface area (Å²) in [4.78, 5) is 27.7. The number of fused-ring (bicyclic) bond motifs is 1. The van der Waals surface area contributed by atoms with E-state index in [9.17, 15) is 14.7 Å². The predicted molar refractivity (Wildman–Crippen MR) is 86.5 cm³/mol. The first-order valence-electron chi connectivity index (χ1n) is 7.78. The van der Waals surface area contributed by atoms with E-state index in [0.717, 1.165) is 0 Å². The highest BCUT2D eigenvalue weighted by Crippen LogP contribution is 2.35. The lowest BCUT2D eigenvalue weighted by Gasteiger charge is -2.28. The van der Waals surface area contributed by atoms with Gasteiger partial charge in [-0.15, -0.1) is 0 Å². The maximum absolute atomic E-state index is 12.6. The fourth-order valence-electron chi connectivity index (χ4n) is 2.74. The molecule has 0 saturated carbocycles. The van der Waals surface area contributed by atoms with Crippen molar-refractivity contribution in [1.29, 1.82) is 0 Å². The molecule has 0 spiro atoms. The molecule has 1 atom stereocenters. The number of rotatable bonds is 4. The fourth-order valence-corrected chi connectivity index (χ4v) is 2.74. The number of aromatic carboxylic acids is 1. The molecule has 0 fully saturated rings. The molecule has 130 valence electrons. The molecule has 0 radical (unpaired) electrons. The number of benzene rings is 1. The Balaban J connectivity index is 2.08. The summed E-state index contributed by atoms with van der Waals surface area (Å²) in [5, 5.41) is 18.2. The Morgan fingerprint density at radius 1 is 1.28 bits per heavy atom. The first kappa shape index (κ1) is 16.7. The van der Waals surface area contributed by atoms with E-state index in [1.54, 1.807) is 37.6 Å². The van der Waals surface area contributed by atoms with E-state index in [2.05, 4.69) is 15.4 Å². The Hall–Kier alpha value is -3.16. The van der Waals surface area contributed by atoms with Gasteiger partial charge in [0.1, 0.15) is 12.4 Å². The smallest absolute Gasteiger partial charge is 0.338 e. The quantitative estimate of drug-likeness (QED) is 0.822. The first-order valence-corrected chi connectivity index (χ1v) is 7.78. The molecule has 1 N–H and O–H groups in total. The van der Waals surface area contributed by atoms with Gasteiger partial charge in [0.05, 0.1) is 17.6 Å². The Bertz CT molecular complexity index is 852. The normalized spacial score (nSPS) is 16.4. The highest BCUT2D eigenvalue weighted by molar-refractivity contribution is 5.92. The van der Waals surface area contributed by atoms with Gasteiger partial charge in [0, 0.05) is 5.70 Å². The van der Waals surface area contributed by atoms with Crippen LogP contribution in [0.15, 0.2) is 41.9 Å². The Morgan fingerprint density at radius 2 is 1.96 bits per heavy atom. The van der Waals surface area contributed by atoms with Crippen LogP contribution in [0.1, 0.15) is 42.7 Å². The molecule has 0 saturated heterocycles. The van der Waals surface area contributed by atoms with Crippen molar-refractivity contribution >= 4 is 17.9 Å². The highest BCUT2D eigenvalue weighted by Gasteiger charge is 2.34. The number of carbonyl (C=O) groups is 2. The lowest BCUT2D eigenvalue weighted by molar-refractivity contribution is -0.255. The van der Waals surface area contributed by atoms with E-state index >= 15 is 0 Å². The van der Waals surface area contributed by atoms with Gasteiger partial charge in [-0.1, -0.05) is 24.3 Å². The van der Waals surface area contributed by atoms with E-state index in [1.807, 2.05) is 0 Å². The van der Waals surface area contributed by atoms with Crippen LogP contribution in [0.2, 0.25) is 0 Å². The van der Waals surface area contributed by atoms with Crippen LogP contribution in [-0.2, 0) is 9.53 Å². The average Bonchev–Trinajstić information content (AvgIpc) is 3.00. The molecule has 8 heteroatoms. The number of hydrogen-bond acceptors (Lipinski definition) is 7. The number of hydrogen-bond donors (Lipinski definition) is 1. The summed E-state index contributed by atoms with van der Waals surface area (Å²) in [6.45, 7) is 5.31. The second kappa shape index (κ2) is 6.39. The molecule has 1 aliphatic rings. The van der Waals surface area contributed by atoms with Gasteiger partial charge in [-0.3, -0.25) is 0 Å². The number of ether oxygens (including phenoxy) is 1. The van der Waals surface area contributed by atoms with Gasteiger partial charge in [0.25, 0.3) is 0 Å². The summed E-state index contributed by atoms with van der Waals surface area (Å²) in [5.74, 6) is -1.23. The summed E-state index contributed by atoms with van der Waals surface area (Å²) >= 11 is 0. The molecule has 8 nitrogen and oxygen atoms in total. The van der Waals surface area contributed by atoms with Gasteiger partial charge in [0.2, 0.25) is 5.95 Å². The molecule has 0 amide bonds. The van der Waals surface area contributed by atoms with Crippen molar-refractivity contribution in [3.63, 3.8) is 0 Å². The lowest BCUT2D eigenvalue weighted by Crippen LogP contribution is -2.30. The van der Waals surface area contributed by atoms with Gasteiger partial charge < -0.3 is 20.0 Å². The summed E-state index contributed by atoms with van der Waals surface area (Å²) in [5.41, 5.74) is 1.75. The van der Waals surface area contributed by atoms with Gasteiger partial charge >= 0.3 is 5.97 Å². The van der Waals surface area contributed by atoms with Crippen molar-refractivity contribution in [2.24, 2.45) is 0 Å². The summed E-state index contributed by atoms with van der Waals surface area (Å²) in [7, 11) is 0. The highest BCUT2D eigenvalue weighted by atomic mass is 16.5. The van der Waals surface area contributed by atoms with Crippen LogP contribution in [0.25, 0.3) is 0 Å². The number of nitrogens with zero attached hydrogens (tertiary/aromatic N) is 3. The Morgan fingerprint density at radius 3 is 2.56 bits per heavy atom. The number of carboxylic acids is 1. The number of carbonyl (C=O) groups excluding carboxylic acids is 2. The number of carboxylic acid groups (broad SMARTS) is 1. The average molecular weight is 341 g/mol. The number of aromatic nitrogens is 3. The Kier molecular flexibility index (Phi) is 4.26. The maximum Gasteiger partial charge on any atom is 0.338 e. The number of anilines is 1. The monoisotopic (exact) mass is 341 g/mol. The molecule has 0 bridgehead atoms. The maximum atomic E-state index is 12.6. The standard InChI is InChI=1S/C17H18N4O4/c1-9(2)25-16(24)13-10(3)20-17-18-8-19-21(17)14(13)11-4-6-12(7-5-11)15(22)23/h4-9,14H,1-3H3,(H,22,23)(H,18,19,20)/p-1/t14-/m1/s1. The van der Waals surface area contributed by atoms with Gasteiger partial charge in [0.15, 0.2) is 0 Å². The summed E-state index contributed by atoms with van der Waals surface area (Å²) in [6, 6.07) is 5.56. The van der Waals surface area contributed by atoms with E-state index in [-0.39, 0.29) is 11.7 Å². The van der Waals surface area contributed by atoms with Crippen LogP contribution in [0.3, 0.4) is 0 Å². The second-order valence-corrected chi connectivity index (χ2v) is 5.96. The van der Waals surface area contributed by atoms with Crippen LogP contribution < -0.4 is 10.4 Å². The largest absolute Gasteiger partial charge is 0.545 e. The minimum absolute atomic E-state index is 0.0588. The molecule has 1 aromatic carbocycles. The van der Waals surface area contributed by atoms with Crippen molar-refractivity contribution in [1.82, 2.24) is 14.8 Å². The molecular formula is C17H17N4O4-. The number of nitrogens with one attached hydrogen (secondary N) is 1. The minimum atomic E-state index is -1.26. The number of allylic oxidation sites excluding steroid dienone is 1. The Labute approximate surface area is 144 Å². The third kappa shape index (κ3) is 3.10. The van der Waals surface area contributed by atoms with Gasteiger partial charge in [-0.25, -0.2) is 9.48 Å². The van der Waals surface area contributed by atoms with E-state index in [1.165, 1.54) is 18.5 Å². The van der Waals surface area contributed by atoms with Gasteiger partial charge in [-0.2, -0.15) is 10.1 Å². The summed E-state index contributed by atoms with van der Waals surface area (Å²) < 4.78 is 6.93. The third-order valence-corrected chi connectivity index (χ3v) is 3.82. The zero-order valence-electron chi connectivity index (χ0n) is 14.0. The predicted octanol–water partition coefficient (Wildman–Crippen LogP) is 0.882. The van der Waals surface area contributed by atoms with E-state index in [4.69, 9.17) is 4.74 Å². The fraction of sp³-hybridized carbons (Fsp3) is 0.294. The van der Waals surface area contributed by atoms with Crippen LogP contribution in [0, 0.1) is 0 Å². The molecule has 0 unspecified atom stereocenters. The zero-order chi connectivity index (χ0) is 18.1. The molecule has 2 heterocycles. The third-order valence-electron chi connectivity index (χ3n) is 3.82. The van der Waals surface area contributed by atoms with Crippen LogP contribution >= 0.6 is 0 Å². The molecule has 1 aliphatic heterocycles. The first-order chi connectivity index (χ1) is 11.9. The molecule has 25 heavy (non-hydrogen) atoms.